The van der Waals surface area contributed by atoms with Gasteiger partial charge in [0.25, 0.3) is 0 Å². The molecule has 2 heterocycles. The molecule has 0 bridgehead atoms. The van der Waals surface area contributed by atoms with Crippen LogP contribution in [-0.4, -0.2) is 12.0 Å². The van der Waals surface area contributed by atoms with Crippen molar-refractivity contribution in [1.29, 1.82) is 0 Å². The fourth-order valence-corrected chi connectivity index (χ4v) is 3.31. The molecule has 1 N–H and O–H groups in total. The molecule has 1 atom stereocenters. The summed E-state index contributed by atoms with van der Waals surface area (Å²) >= 11 is 1.76. The number of likely N-dealkylation sites (N-methyl/N-ethyl adjacent to an activating group) is 1. The number of aromatic nitrogens is 1. The number of para-hydroxylation sites is 1. The lowest BCUT2D eigenvalue weighted by Gasteiger charge is -2.11. The van der Waals surface area contributed by atoms with Crippen LogP contribution in [0.3, 0.4) is 0 Å². The summed E-state index contributed by atoms with van der Waals surface area (Å²) in [6.07, 6.45) is 1.78. The number of hydrogen-bond acceptors (Lipinski definition) is 4. The van der Waals surface area contributed by atoms with Crippen molar-refractivity contribution in [3.63, 3.8) is 0 Å². The summed E-state index contributed by atoms with van der Waals surface area (Å²) in [5.74, 6) is 2.02. The Morgan fingerprint density at radius 3 is 2.80 bits per heavy atom. The number of furan rings is 1. The van der Waals surface area contributed by atoms with Crippen LogP contribution in [0.4, 0.5) is 0 Å². The van der Waals surface area contributed by atoms with Gasteiger partial charge in [-0.3, -0.25) is 0 Å². The van der Waals surface area contributed by atoms with Crippen LogP contribution in [0.25, 0.3) is 10.2 Å². The van der Waals surface area contributed by atoms with Gasteiger partial charge in [-0.25, -0.2) is 4.98 Å². The maximum absolute atomic E-state index is 5.85. The van der Waals surface area contributed by atoms with Crippen LogP contribution >= 0.6 is 11.3 Å². The first-order valence-electron chi connectivity index (χ1n) is 6.90. The summed E-state index contributed by atoms with van der Waals surface area (Å²) in [6, 6.07) is 12.6. The van der Waals surface area contributed by atoms with Crippen LogP contribution in [-0.2, 0) is 12.8 Å². The van der Waals surface area contributed by atoms with Gasteiger partial charge in [0.2, 0.25) is 0 Å². The molecule has 20 heavy (non-hydrogen) atoms. The van der Waals surface area contributed by atoms with Gasteiger partial charge in [0, 0.05) is 12.8 Å². The van der Waals surface area contributed by atoms with E-state index in [9.17, 15) is 0 Å². The minimum atomic E-state index is 0.177. The second kappa shape index (κ2) is 5.77. The van der Waals surface area contributed by atoms with E-state index in [-0.39, 0.29) is 6.04 Å². The largest absolute Gasteiger partial charge is 0.464 e. The average Bonchev–Trinajstić information content (AvgIpc) is 3.10. The molecule has 2 aromatic heterocycles. The highest BCUT2D eigenvalue weighted by Crippen LogP contribution is 2.26. The van der Waals surface area contributed by atoms with Gasteiger partial charge in [-0.1, -0.05) is 19.1 Å². The van der Waals surface area contributed by atoms with Crippen molar-refractivity contribution in [2.75, 3.05) is 7.05 Å². The number of nitrogens with zero attached hydrogens (tertiary/aromatic N) is 1. The highest BCUT2D eigenvalue weighted by Gasteiger charge is 2.16. The molecule has 0 spiro atoms. The molecule has 1 unspecified atom stereocenters. The fraction of sp³-hybridized carbons (Fsp3) is 0.312. The van der Waals surface area contributed by atoms with E-state index in [2.05, 4.69) is 47.6 Å². The lowest BCUT2D eigenvalue weighted by molar-refractivity contribution is 0.407. The van der Waals surface area contributed by atoms with Crippen molar-refractivity contribution < 1.29 is 4.42 Å². The van der Waals surface area contributed by atoms with E-state index < -0.39 is 0 Å². The standard InChI is InChI=1S/C16H18N2OS/c1-3-11-8-9-14(19-11)13(17-2)10-16-18-12-6-4-5-7-15(12)20-16/h4-9,13,17H,3,10H2,1-2H3. The Morgan fingerprint density at radius 1 is 1.25 bits per heavy atom. The highest BCUT2D eigenvalue weighted by atomic mass is 32.1. The summed E-state index contributed by atoms with van der Waals surface area (Å²) in [7, 11) is 1.96. The Morgan fingerprint density at radius 2 is 2.10 bits per heavy atom. The summed E-state index contributed by atoms with van der Waals surface area (Å²) < 4.78 is 7.09. The second-order valence-electron chi connectivity index (χ2n) is 4.78. The third-order valence-electron chi connectivity index (χ3n) is 3.44. The molecule has 4 heteroatoms. The zero-order valence-corrected chi connectivity index (χ0v) is 12.5. The minimum absolute atomic E-state index is 0.177. The third kappa shape index (κ3) is 2.62. The number of thiazole rings is 1. The number of benzene rings is 1. The van der Waals surface area contributed by atoms with E-state index in [0.29, 0.717) is 0 Å². The smallest absolute Gasteiger partial charge is 0.121 e. The predicted octanol–water partition coefficient (Wildman–Crippen LogP) is 3.95. The maximum atomic E-state index is 5.85. The van der Waals surface area contributed by atoms with E-state index in [4.69, 9.17) is 4.42 Å². The molecule has 0 saturated carbocycles. The molecule has 0 amide bonds. The predicted molar refractivity (Wildman–Crippen MR) is 83.2 cm³/mol. The van der Waals surface area contributed by atoms with Crippen molar-refractivity contribution in [2.24, 2.45) is 0 Å². The molecule has 1 aromatic carbocycles. The van der Waals surface area contributed by atoms with Gasteiger partial charge in [-0.15, -0.1) is 11.3 Å². The van der Waals surface area contributed by atoms with Crippen LogP contribution in [0, 0.1) is 0 Å². The van der Waals surface area contributed by atoms with Gasteiger partial charge >= 0.3 is 0 Å². The summed E-state index contributed by atoms with van der Waals surface area (Å²) in [4.78, 5) is 4.69. The molecule has 0 aliphatic heterocycles. The monoisotopic (exact) mass is 286 g/mol. The Labute approximate surface area is 122 Å². The van der Waals surface area contributed by atoms with Gasteiger partial charge < -0.3 is 9.73 Å². The number of aryl methyl sites for hydroxylation is 1. The van der Waals surface area contributed by atoms with E-state index in [1.807, 2.05) is 13.1 Å². The van der Waals surface area contributed by atoms with Gasteiger partial charge in [-0.05, 0) is 31.3 Å². The number of hydrogen-bond donors (Lipinski definition) is 1. The van der Waals surface area contributed by atoms with E-state index in [1.54, 1.807) is 11.3 Å². The van der Waals surface area contributed by atoms with Crippen LogP contribution in [0.2, 0.25) is 0 Å². The van der Waals surface area contributed by atoms with Crippen LogP contribution in [0.5, 0.6) is 0 Å². The van der Waals surface area contributed by atoms with E-state index in [1.165, 1.54) is 4.70 Å². The molecular weight excluding hydrogens is 268 g/mol. The lowest BCUT2D eigenvalue weighted by atomic mass is 10.1. The molecule has 0 aliphatic rings. The Bertz CT molecular complexity index is 668. The third-order valence-corrected chi connectivity index (χ3v) is 4.50. The topological polar surface area (TPSA) is 38.1 Å². The molecule has 3 aromatic rings. The average molecular weight is 286 g/mol. The lowest BCUT2D eigenvalue weighted by Crippen LogP contribution is -2.18. The highest BCUT2D eigenvalue weighted by molar-refractivity contribution is 7.18. The van der Waals surface area contributed by atoms with Gasteiger partial charge in [0.15, 0.2) is 0 Å². The second-order valence-corrected chi connectivity index (χ2v) is 5.89. The first kappa shape index (κ1) is 13.3. The van der Waals surface area contributed by atoms with Gasteiger partial charge in [0.05, 0.1) is 21.3 Å². The quantitative estimate of drug-likeness (QED) is 0.771. The van der Waals surface area contributed by atoms with Crippen LogP contribution < -0.4 is 5.32 Å². The molecule has 0 saturated heterocycles. The molecule has 0 radical (unpaired) electrons. The first-order valence-corrected chi connectivity index (χ1v) is 7.72. The molecule has 104 valence electrons. The normalized spacial score (nSPS) is 12.9. The van der Waals surface area contributed by atoms with Crippen molar-refractivity contribution in [2.45, 2.75) is 25.8 Å². The zero-order valence-electron chi connectivity index (χ0n) is 11.7. The number of rotatable bonds is 5. The van der Waals surface area contributed by atoms with Crippen molar-refractivity contribution >= 4 is 21.6 Å². The molecule has 3 nitrogen and oxygen atoms in total. The first-order chi connectivity index (χ1) is 9.80. The molecular formula is C16H18N2OS. The van der Waals surface area contributed by atoms with E-state index >= 15 is 0 Å². The van der Waals surface area contributed by atoms with Gasteiger partial charge in [-0.2, -0.15) is 0 Å². The Hall–Kier alpha value is -1.65. The van der Waals surface area contributed by atoms with Crippen molar-refractivity contribution in [1.82, 2.24) is 10.3 Å². The summed E-state index contributed by atoms with van der Waals surface area (Å²) in [6.45, 7) is 2.10. The Balaban J connectivity index is 1.83. The Kier molecular flexibility index (Phi) is 3.85. The van der Waals surface area contributed by atoms with Crippen molar-refractivity contribution in [3.05, 3.63) is 52.9 Å². The maximum Gasteiger partial charge on any atom is 0.121 e. The van der Waals surface area contributed by atoms with Crippen molar-refractivity contribution in [3.8, 4) is 0 Å². The number of fused-ring (bicyclic) bond motifs is 1. The van der Waals surface area contributed by atoms with E-state index in [0.717, 1.165) is 34.9 Å². The van der Waals surface area contributed by atoms with Gasteiger partial charge in [0.1, 0.15) is 11.5 Å². The minimum Gasteiger partial charge on any atom is -0.464 e. The molecule has 0 fully saturated rings. The molecule has 0 aliphatic carbocycles. The fourth-order valence-electron chi connectivity index (χ4n) is 2.30. The molecule has 3 rings (SSSR count). The van der Waals surface area contributed by atoms with Crippen LogP contribution in [0.15, 0.2) is 40.8 Å². The SMILES string of the molecule is CCc1ccc(C(Cc2nc3ccccc3s2)NC)o1. The number of nitrogens with one attached hydrogen (secondary N) is 1. The zero-order chi connectivity index (χ0) is 13.9. The summed E-state index contributed by atoms with van der Waals surface area (Å²) in [5.41, 5.74) is 1.08. The summed E-state index contributed by atoms with van der Waals surface area (Å²) in [5, 5.41) is 4.46. The van der Waals surface area contributed by atoms with Crippen LogP contribution in [0.1, 0.15) is 29.5 Å².